The monoisotopic (exact) mass is 377 g/mol. The van der Waals surface area contributed by atoms with E-state index >= 15 is 0 Å². The molecule has 0 saturated carbocycles. The number of amides is 2. The number of rotatable bonds is 3. The molecule has 1 atom stereocenters. The van der Waals surface area contributed by atoms with Gasteiger partial charge in [0.05, 0.1) is 0 Å². The number of hydrogen-bond donors (Lipinski definition) is 1. The Balaban J connectivity index is 1.70. The van der Waals surface area contributed by atoms with E-state index in [9.17, 15) is 17.6 Å². The maximum absolute atomic E-state index is 13.9. The van der Waals surface area contributed by atoms with Crippen LogP contribution in [-0.2, 0) is 10.0 Å². The van der Waals surface area contributed by atoms with E-state index in [4.69, 9.17) is 0 Å². The normalized spacial score (nSPS) is 18.5. The molecule has 1 unspecified atom stereocenters. The van der Waals surface area contributed by atoms with Crippen molar-refractivity contribution >= 4 is 21.7 Å². The molecule has 1 saturated heterocycles. The lowest BCUT2D eigenvalue weighted by Crippen LogP contribution is -2.56. The minimum atomic E-state index is -3.95. The summed E-state index contributed by atoms with van der Waals surface area (Å²) in [7, 11) is -3.95. The molecule has 0 aromatic heterocycles. The number of nitrogens with zero attached hydrogens (tertiary/aromatic N) is 2. The van der Waals surface area contributed by atoms with E-state index in [-0.39, 0.29) is 30.6 Å². The van der Waals surface area contributed by atoms with E-state index in [2.05, 4.69) is 5.32 Å². The second kappa shape index (κ2) is 7.43. The molecule has 1 heterocycles. The van der Waals surface area contributed by atoms with Crippen molar-refractivity contribution in [1.29, 1.82) is 0 Å². The molecule has 6 nitrogen and oxygen atoms in total. The van der Waals surface area contributed by atoms with Crippen LogP contribution in [0.1, 0.15) is 6.92 Å². The van der Waals surface area contributed by atoms with Crippen molar-refractivity contribution in [1.82, 2.24) is 9.21 Å². The van der Waals surface area contributed by atoms with Crippen molar-refractivity contribution in [2.24, 2.45) is 0 Å². The zero-order valence-corrected chi connectivity index (χ0v) is 15.1. The van der Waals surface area contributed by atoms with Gasteiger partial charge in [-0.25, -0.2) is 17.6 Å². The van der Waals surface area contributed by atoms with Crippen LogP contribution in [0.3, 0.4) is 0 Å². The third-order valence-corrected chi connectivity index (χ3v) is 6.35. The van der Waals surface area contributed by atoms with Crippen molar-refractivity contribution in [3.63, 3.8) is 0 Å². The van der Waals surface area contributed by atoms with Gasteiger partial charge in [-0.1, -0.05) is 30.3 Å². The van der Waals surface area contributed by atoms with Crippen LogP contribution in [0, 0.1) is 5.82 Å². The Kier molecular flexibility index (Phi) is 5.24. The van der Waals surface area contributed by atoms with Crippen molar-refractivity contribution < 1.29 is 17.6 Å². The van der Waals surface area contributed by atoms with Crippen LogP contribution in [0.4, 0.5) is 14.9 Å². The van der Waals surface area contributed by atoms with Crippen LogP contribution < -0.4 is 5.32 Å². The molecule has 3 rings (SSSR count). The largest absolute Gasteiger partial charge is 0.322 e. The summed E-state index contributed by atoms with van der Waals surface area (Å²) in [5, 5.41) is 2.79. The highest BCUT2D eigenvalue weighted by molar-refractivity contribution is 7.89. The Bertz CT molecular complexity index is 890. The van der Waals surface area contributed by atoms with Gasteiger partial charge in [-0.2, -0.15) is 4.31 Å². The summed E-state index contributed by atoms with van der Waals surface area (Å²) in [4.78, 5) is 13.6. The summed E-state index contributed by atoms with van der Waals surface area (Å²) < 4.78 is 40.7. The van der Waals surface area contributed by atoms with Crippen LogP contribution >= 0.6 is 0 Å². The molecule has 0 aliphatic carbocycles. The first-order valence-corrected chi connectivity index (χ1v) is 9.71. The average Bonchev–Trinajstić information content (AvgIpc) is 2.62. The number of halogens is 1. The SMILES string of the molecule is CC1CN(C(=O)Nc2ccccc2)CCN1S(=O)(=O)c1ccccc1F. The molecule has 0 radical (unpaired) electrons. The molecular weight excluding hydrogens is 357 g/mol. The van der Waals surface area contributed by atoms with Gasteiger partial charge in [-0.15, -0.1) is 0 Å². The maximum Gasteiger partial charge on any atom is 0.321 e. The highest BCUT2D eigenvalue weighted by Crippen LogP contribution is 2.23. The Labute approximate surface area is 152 Å². The Morgan fingerprint density at radius 2 is 1.73 bits per heavy atom. The van der Waals surface area contributed by atoms with E-state index in [1.807, 2.05) is 18.2 Å². The van der Waals surface area contributed by atoms with E-state index in [0.29, 0.717) is 5.69 Å². The number of piperazine rings is 1. The lowest BCUT2D eigenvalue weighted by molar-refractivity contribution is 0.157. The molecule has 2 aromatic carbocycles. The van der Waals surface area contributed by atoms with Crippen molar-refractivity contribution in [2.45, 2.75) is 17.9 Å². The van der Waals surface area contributed by atoms with Crippen molar-refractivity contribution in [3.05, 3.63) is 60.4 Å². The van der Waals surface area contributed by atoms with Crippen molar-refractivity contribution in [3.8, 4) is 0 Å². The summed E-state index contributed by atoms with van der Waals surface area (Å²) in [5.41, 5.74) is 0.673. The molecule has 0 bridgehead atoms. The van der Waals surface area contributed by atoms with Gasteiger partial charge in [0.15, 0.2) is 0 Å². The first-order valence-electron chi connectivity index (χ1n) is 8.27. The second-order valence-corrected chi connectivity index (χ2v) is 8.00. The number of anilines is 1. The fourth-order valence-corrected chi connectivity index (χ4v) is 4.67. The van der Waals surface area contributed by atoms with Crippen LogP contribution in [0.15, 0.2) is 59.5 Å². The summed E-state index contributed by atoms with van der Waals surface area (Å²) >= 11 is 0. The zero-order valence-electron chi connectivity index (χ0n) is 14.3. The standard InChI is InChI=1S/C18H20FN3O3S/c1-14-13-21(18(23)20-15-7-3-2-4-8-15)11-12-22(14)26(24,25)17-10-6-5-9-16(17)19/h2-10,14H,11-13H2,1H3,(H,20,23). The first kappa shape index (κ1) is 18.3. The topological polar surface area (TPSA) is 69.7 Å². The molecule has 26 heavy (non-hydrogen) atoms. The Morgan fingerprint density at radius 1 is 1.08 bits per heavy atom. The number of benzene rings is 2. The predicted molar refractivity (Wildman–Crippen MR) is 96.8 cm³/mol. The van der Waals surface area contributed by atoms with Gasteiger partial charge in [-0.05, 0) is 31.2 Å². The summed E-state index contributed by atoms with van der Waals surface area (Å²) in [5.74, 6) is -0.774. The van der Waals surface area contributed by atoms with E-state index < -0.39 is 21.9 Å². The van der Waals surface area contributed by atoms with Gasteiger partial charge in [0.2, 0.25) is 10.0 Å². The maximum atomic E-state index is 13.9. The minimum Gasteiger partial charge on any atom is -0.322 e. The Morgan fingerprint density at radius 3 is 2.38 bits per heavy atom. The second-order valence-electron chi connectivity index (χ2n) is 6.14. The molecular formula is C18H20FN3O3S. The van der Waals surface area contributed by atoms with Crippen LogP contribution in [0.5, 0.6) is 0 Å². The molecule has 2 amide bonds. The third kappa shape index (κ3) is 3.71. The van der Waals surface area contributed by atoms with Crippen LogP contribution in [0.25, 0.3) is 0 Å². The molecule has 0 spiro atoms. The summed E-state index contributed by atoms with van der Waals surface area (Å²) in [6, 6.07) is 13.6. The predicted octanol–water partition coefficient (Wildman–Crippen LogP) is 2.75. The number of sulfonamides is 1. The average molecular weight is 377 g/mol. The highest BCUT2D eigenvalue weighted by atomic mass is 32.2. The van der Waals surface area contributed by atoms with Gasteiger partial charge >= 0.3 is 6.03 Å². The number of para-hydroxylation sites is 1. The summed E-state index contributed by atoms with van der Waals surface area (Å²) in [6.07, 6.45) is 0. The van der Waals surface area contributed by atoms with Gasteiger partial charge in [-0.3, -0.25) is 0 Å². The minimum absolute atomic E-state index is 0.111. The molecule has 138 valence electrons. The van der Waals surface area contributed by atoms with Crippen molar-refractivity contribution in [2.75, 3.05) is 25.0 Å². The lowest BCUT2D eigenvalue weighted by Gasteiger charge is -2.38. The molecule has 8 heteroatoms. The molecule has 1 aliphatic heterocycles. The number of urea groups is 1. The number of hydrogen-bond acceptors (Lipinski definition) is 3. The lowest BCUT2D eigenvalue weighted by atomic mass is 10.2. The van der Waals surface area contributed by atoms with E-state index in [1.165, 1.54) is 22.5 Å². The fourth-order valence-electron chi connectivity index (χ4n) is 2.99. The molecule has 1 aliphatic rings. The Hall–Kier alpha value is -2.45. The van der Waals surface area contributed by atoms with E-state index in [0.717, 1.165) is 6.07 Å². The number of nitrogens with one attached hydrogen (secondary N) is 1. The number of carbonyl (C=O) groups excluding carboxylic acids is 1. The molecule has 1 fully saturated rings. The number of carbonyl (C=O) groups is 1. The highest BCUT2D eigenvalue weighted by Gasteiger charge is 2.36. The van der Waals surface area contributed by atoms with Gasteiger partial charge in [0.25, 0.3) is 0 Å². The van der Waals surface area contributed by atoms with Gasteiger partial charge < -0.3 is 10.2 Å². The van der Waals surface area contributed by atoms with E-state index in [1.54, 1.807) is 24.0 Å². The van der Waals surface area contributed by atoms with Crippen LogP contribution in [0.2, 0.25) is 0 Å². The fraction of sp³-hybridized carbons (Fsp3) is 0.278. The molecule has 2 aromatic rings. The van der Waals surface area contributed by atoms with Crippen LogP contribution in [-0.4, -0.2) is 49.3 Å². The smallest absolute Gasteiger partial charge is 0.321 e. The quantitative estimate of drug-likeness (QED) is 0.894. The van der Waals surface area contributed by atoms with Gasteiger partial charge in [0.1, 0.15) is 10.7 Å². The zero-order chi connectivity index (χ0) is 18.7. The van der Waals surface area contributed by atoms with Gasteiger partial charge in [0, 0.05) is 31.4 Å². The first-order chi connectivity index (χ1) is 12.4. The molecule has 1 N–H and O–H groups in total. The third-order valence-electron chi connectivity index (χ3n) is 4.30. The summed E-state index contributed by atoms with van der Waals surface area (Å²) in [6.45, 7) is 2.28.